The first-order valence-corrected chi connectivity index (χ1v) is 8.51. The van der Waals surface area contributed by atoms with Gasteiger partial charge in [-0.25, -0.2) is 0 Å². The summed E-state index contributed by atoms with van der Waals surface area (Å²) in [6, 6.07) is 26.4. The van der Waals surface area contributed by atoms with Crippen molar-refractivity contribution in [1.82, 2.24) is 4.98 Å². The second-order valence-electron chi connectivity index (χ2n) is 6.07. The molecule has 4 heteroatoms. The first-order valence-electron chi connectivity index (χ1n) is 8.51. The van der Waals surface area contributed by atoms with Gasteiger partial charge in [-0.2, -0.15) is 5.26 Å². The smallest absolute Gasteiger partial charge is 0.256 e. The highest BCUT2D eigenvalue weighted by Crippen LogP contribution is 2.27. The van der Waals surface area contributed by atoms with Crippen LogP contribution in [0, 0.1) is 11.3 Å². The molecular weight excluding hydrogens is 334 g/mol. The van der Waals surface area contributed by atoms with E-state index in [9.17, 15) is 10.1 Å². The van der Waals surface area contributed by atoms with Crippen molar-refractivity contribution in [2.45, 2.75) is 0 Å². The Balaban J connectivity index is 1.71. The Hall–Kier alpha value is -3.97. The summed E-state index contributed by atoms with van der Waals surface area (Å²) in [6.07, 6.45) is 1.64. The van der Waals surface area contributed by atoms with Crippen molar-refractivity contribution in [2.75, 3.05) is 5.32 Å². The van der Waals surface area contributed by atoms with Crippen molar-refractivity contribution in [2.24, 2.45) is 0 Å². The van der Waals surface area contributed by atoms with Gasteiger partial charge in [-0.3, -0.25) is 9.78 Å². The third-order valence-electron chi connectivity index (χ3n) is 4.36. The molecule has 27 heavy (non-hydrogen) atoms. The Labute approximate surface area is 156 Å². The molecule has 4 rings (SSSR count). The molecule has 4 nitrogen and oxygen atoms in total. The Kier molecular flexibility index (Phi) is 4.34. The van der Waals surface area contributed by atoms with E-state index in [1.54, 1.807) is 18.3 Å². The molecule has 0 bridgehead atoms. The SMILES string of the molecule is N#Cc1ccccc1-c1ccccc1C(=O)Nc1cnc2ccccc2c1. The van der Waals surface area contributed by atoms with Gasteiger partial charge in [0, 0.05) is 16.5 Å². The number of anilines is 1. The normalized spacial score (nSPS) is 10.3. The molecule has 4 aromatic rings. The summed E-state index contributed by atoms with van der Waals surface area (Å²) < 4.78 is 0. The van der Waals surface area contributed by atoms with Crippen LogP contribution in [0.2, 0.25) is 0 Å². The van der Waals surface area contributed by atoms with Crippen LogP contribution in [-0.2, 0) is 0 Å². The van der Waals surface area contributed by atoms with Crippen molar-refractivity contribution < 1.29 is 4.79 Å². The number of hydrogen-bond acceptors (Lipinski definition) is 3. The molecule has 1 aromatic heterocycles. The highest BCUT2D eigenvalue weighted by molar-refractivity contribution is 6.09. The molecule has 3 aromatic carbocycles. The molecular formula is C23H15N3O. The van der Waals surface area contributed by atoms with Crippen molar-refractivity contribution >= 4 is 22.5 Å². The van der Waals surface area contributed by atoms with Crippen LogP contribution in [0.15, 0.2) is 85.1 Å². The lowest BCUT2D eigenvalue weighted by Crippen LogP contribution is -2.13. The van der Waals surface area contributed by atoms with E-state index in [4.69, 9.17) is 0 Å². The van der Waals surface area contributed by atoms with E-state index in [0.717, 1.165) is 22.0 Å². The van der Waals surface area contributed by atoms with Gasteiger partial charge in [0.2, 0.25) is 0 Å². The predicted octanol–water partition coefficient (Wildman–Crippen LogP) is 5.03. The quantitative estimate of drug-likeness (QED) is 0.564. The first-order chi connectivity index (χ1) is 13.3. The minimum absolute atomic E-state index is 0.240. The number of rotatable bonds is 3. The predicted molar refractivity (Wildman–Crippen MR) is 106 cm³/mol. The maximum absolute atomic E-state index is 12.9. The summed E-state index contributed by atoms with van der Waals surface area (Å²) in [4.78, 5) is 17.3. The van der Waals surface area contributed by atoms with Crippen LogP contribution < -0.4 is 5.32 Å². The number of benzene rings is 3. The highest BCUT2D eigenvalue weighted by Gasteiger charge is 2.15. The summed E-state index contributed by atoms with van der Waals surface area (Å²) >= 11 is 0. The van der Waals surface area contributed by atoms with Crippen molar-refractivity contribution in [3.05, 3.63) is 96.2 Å². The van der Waals surface area contributed by atoms with Gasteiger partial charge in [0.15, 0.2) is 0 Å². The van der Waals surface area contributed by atoms with Crippen LogP contribution in [-0.4, -0.2) is 10.9 Å². The molecule has 0 spiro atoms. The zero-order valence-electron chi connectivity index (χ0n) is 14.4. The molecule has 0 radical (unpaired) electrons. The topological polar surface area (TPSA) is 65.8 Å². The minimum atomic E-state index is -0.240. The Morgan fingerprint density at radius 2 is 1.59 bits per heavy atom. The van der Waals surface area contributed by atoms with Crippen molar-refractivity contribution in [1.29, 1.82) is 5.26 Å². The molecule has 0 fully saturated rings. The van der Waals surface area contributed by atoms with E-state index in [2.05, 4.69) is 16.4 Å². The van der Waals surface area contributed by atoms with Gasteiger partial charge in [0.1, 0.15) is 0 Å². The van der Waals surface area contributed by atoms with Gasteiger partial charge in [-0.15, -0.1) is 0 Å². The van der Waals surface area contributed by atoms with Crippen LogP contribution in [0.25, 0.3) is 22.0 Å². The molecule has 0 saturated heterocycles. The molecule has 1 heterocycles. The number of carbonyl (C=O) groups excluding carboxylic acids is 1. The third kappa shape index (κ3) is 3.26. The van der Waals surface area contributed by atoms with E-state index in [0.29, 0.717) is 16.8 Å². The Bertz CT molecular complexity index is 1190. The van der Waals surface area contributed by atoms with Gasteiger partial charge in [-0.05, 0) is 29.8 Å². The number of fused-ring (bicyclic) bond motifs is 1. The van der Waals surface area contributed by atoms with E-state index >= 15 is 0 Å². The fourth-order valence-electron chi connectivity index (χ4n) is 3.07. The van der Waals surface area contributed by atoms with Gasteiger partial charge in [-0.1, -0.05) is 54.6 Å². The minimum Gasteiger partial charge on any atom is -0.321 e. The fraction of sp³-hybridized carbons (Fsp3) is 0. The number of para-hydroxylation sites is 1. The molecule has 0 saturated carbocycles. The van der Waals surface area contributed by atoms with Crippen molar-refractivity contribution in [3.63, 3.8) is 0 Å². The second kappa shape index (κ2) is 7.11. The molecule has 1 N–H and O–H groups in total. The summed E-state index contributed by atoms with van der Waals surface area (Å²) in [6.45, 7) is 0. The molecule has 0 aliphatic rings. The number of amides is 1. The molecule has 128 valence electrons. The highest BCUT2D eigenvalue weighted by atomic mass is 16.1. The average Bonchev–Trinajstić information content (AvgIpc) is 2.73. The molecule has 0 atom stereocenters. The molecule has 0 aliphatic heterocycles. The molecule has 0 aliphatic carbocycles. The summed E-state index contributed by atoms with van der Waals surface area (Å²) in [5.74, 6) is -0.240. The zero-order chi connectivity index (χ0) is 18.6. The average molecular weight is 349 g/mol. The molecule has 0 unspecified atom stereocenters. The maximum Gasteiger partial charge on any atom is 0.256 e. The number of nitriles is 1. The van der Waals surface area contributed by atoms with Crippen LogP contribution in [0.5, 0.6) is 0 Å². The number of carbonyl (C=O) groups is 1. The Morgan fingerprint density at radius 3 is 2.44 bits per heavy atom. The standard InChI is InChI=1S/C23H15N3O/c24-14-17-8-1-3-9-19(17)20-10-4-5-11-21(20)23(27)26-18-13-16-7-2-6-12-22(16)25-15-18/h1-13,15H,(H,26,27). The largest absolute Gasteiger partial charge is 0.321 e. The number of nitrogens with one attached hydrogen (secondary N) is 1. The number of aromatic nitrogens is 1. The van der Waals surface area contributed by atoms with Crippen LogP contribution in [0.3, 0.4) is 0 Å². The lowest BCUT2D eigenvalue weighted by atomic mass is 9.95. The number of nitrogens with zero attached hydrogens (tertiary/aromatic N) is 2. The van der Waals surface area contributed by atoms with Gasteiger partial charge in [0.25, 0.3) is 5.91 Å². The van der Waals surface area contributed by atoms with E-state index in [1.165, 1.54) is 0 Å². The van der Waals surface area contributed by atoms with Gasteiger partial charge >= 0.3 is 0 Å². The lowest BCUT2D eigenvalue weighted by molar-refractivity contribution is 0.102. The summed E-state index contributed by atoms with van der Waals surface area (Å²) in [5, 5.41) is 13.3. The maximum atomic E-state index is 12.9. The third-order valence-corrected chi connectivity index (χ3v) is 4.36. The van der Waals surface area contributed by atoms with Gasteiger partial charge < -0.3 is 5.32 Å². The van der Waals surface area contributed by atoms with Gasteiger partial charge in [0.05, 0.1) is 29.0 Å². The van der Waals surface area contributed by atoms with Crippen molar-refractivity contribution in [3.8, 4) is 17.2 Å². The lowest BCUT2D eigenvalue weighted by Gasteiger charge is -2.12. The Morgan fingerprint density at radius 1 is 0.889 bits per heavy atom. The van der Waals surface area contributed by atoms with E-state index < -0.39 is 0 Å². The number of hydrogen-bond donors (Lipinski definition) is 1. The van der Waals surface area contributed by atoms with Crippen LogP contribution in [0.1, 0.15) is 15.9 Å². The van der Waals surface area contributed by atoms with E-state index in [1.807, 2.05) is 66.7 Å². The van der Waals surface area contributed by atoms with Crippen LogP contribution in [0.4, 0.5) is 5.69 Å². The van der Waals surface area contributed by atoms with Crippen LogP contribution >= 0.6 is 0 Å². The number of pyridine rings is 1. The fourth-order valence-corrected chi connectivity index (χ4v) is 3.07. The molecule has 1 amide bonds. The summed E-state index contributed by atoms with van der Waals surface area (Å²) in [7, 11) is 0. The first kappa shape index (κ1) is 16.5. The monoisotopic (exact) mass is 349 g/mol. The zero-order valence-corrected chi connectivity index (χ0v) is 14.4. The summed E-state index contributed by atoms with van der Waals surface area (Å²) in [5.41, 5.74) is 4.00. The second-order valence-corrected chi connectivity index (χ2v) is 6.07. The van der Waals surface area contributed by atoms with E-state index in [-0.39, 0.29) is 5.91 Å².